The van der Waals surface area contributed by atoms with Crippen molar-refractivity contribution in [2.45, 2.75) is 45.3 Å². The molecule has 0 atom stereocenters. The van der Waals surface area contributed by atoms with Crippen LogP contribution >= 0.6 is 0 Å². The third-order valence-corrected chi connectivity index (χ3v) is 9.77. The number of hydrogen-bond donors (Lipinski definition) is 1. The van der Waals surface area contributed by atoms with Crippen LogP contribution in [0, 0.1) is 11.2 Å². The van der Waals surface area contributed by atoms with Crippen molar-refractivity contribution in [3.05, 3.63) is 105 Å². The Morgan fingerprint density at radius 3 is 2.11 bits per heavy atom. The zero-order valence-corrected chi connectivity index (χ0v) is 25.7. The lowest BCUT2D eigenvalue weighted by Crippen LogP contribution is -2.73. The number of nitrogens with one attached hydrogen (secondary N) is 1. The molecule has 1 spiro atoms. The van der Waals surface area contributed by atoms with E-state index in [2.05, 4.69) is 10.2 Å². The maximum absolute atomic E-state index is 14.9. The van der Waals surface area contributed by atoms with Gasteiger partial charge in [-0.1, -0.05) is 36.4 Å². The van der Waals surface area contributed by atoms with Gasteiger partial charge in [-0.25, -0.2) is 9.49 Å². The van der Waals surface area contributed by atoms with Crippen LogP contribution in [0.15, 0.2) is 71.5 Å². The van der Waals surface area contributed by atoms with Gasteiger partial charge < -0.3 is 19.1 Å². The van der Waals surface area contributed by atoms with E-state index in [1.54, 1.807) is 46.2 Å². The number of aromatic nitrogens is 2. The van der Waals surface area contributed by atoms with Gasteiger partial charge in [0.25, 0.3) is 17.4 Å². The molecule has 0 bridgehead atoms. The molecule has 230 valence electrons. The molecular weight excluding hydrogens is 574 g/mol. The summed E-state index contributed by atoms with van der Waals surface area (Å²) in [5.41, 5.74) is 1.48. The summed E-state index contributed by atoms with van der Waals surface area (Å²) in [6.45, 7) is 10.0. The Morgan fingerprint density at radius 2 is 1.47 bits per heavy atom. The van der Waals surface area contributed by atoms with Crippen LogP contribution in [0.3, 0.4) is 0 Å². The standard InChI is InChI=1S/C34H34BFN4O5/c1-32(2)33(3,4)45-35(44-32)23-12-10-22(11-13-23)30(42)39-17-34(18-39)19-40(20-34)31(43)26-15-21(9-14-27(26)36)16-28-24-7-5-6-8-25(24)29(41)38-37-28/h5-15H,16-20H2,1-4H3,(H,38,41). The van der Waals surface area contributed by atoms with Gasteiger partial charge in [0.05, 0.1) is 27.8 Å². The van der Waals surface area contributed by atoms with Gasteiger partial charge in [-0.2, -0.15) is 5.10 Å². The number of halogens is 1. The summed E-state index contributed by atoms with van der Waals surface area (Å²) in [7, 11) is -0.490. The zero-order chi connectivity index (χ0) is 31.7. The molecule has 2 amide bonds. The van der Waals surface area contributed by atoms with Crippen LogP contribution in [-0.2, 0) is 15.7 Å². The number of rotatable bonds is 5. The van der Waals surface area contributed by atoms with Crippen molar-refractivity contribution < 1.29 is 23.3 Å². The minimum absolute atomic E-state index is 0.00502. The lowest BCUT2D eigenvalue weighted by atomic mass is 9.72. The van der Waals surface area contributed by atoms with E-state index >= 15 is 0 Å². The predicted molar refractivity (Wildman–Crippen MR) is 168 cm³/mol. The second kappa shape index (κ2) is 10.4. The fraction of sp³-hybridized carbons (Fsp3) is 0.353. The number of H-pyrrole nitrogens is 1. The van der Waals surface area contributed by atoms with E-state index in [1.807, 2.05) is 52.0 Å². The Hall–Kier alpha value is -4.35. The molecule has 4 heterocycles. The minimum atomic E-state index is -0.585. The maximum atomic E-state index is 14.9. The fourth-order valence-electron chi connectivity index (χ4n) is 6.47. The van der Waals surface area contributed by atoms with Crippen LogP contribution in [0.1, 0.15) is 59.7 Å². The molecule has 3 aliphatic rings. The smallest absolute Gasteiger partial charge is 0.399 e. The first-order chi connectivity index (χ1) is 21.3. The quantitative estimate of drug-likeness (QED) is 0.348. The van der Waals surface area contributed by atoms with E-state index < -0.39 is 24.1 Å². The minimum Gasteiger partial charge on any atom is -0.399 e. The van der Waals surface area contributed by atoms with Gasteiger partial charge in [0.15, 0.2) is 0 Å². The van der Waals surface area contributed by atoms with Gasteiger partial charge >= 0.3 is 7.12 Å². The molecule has 1 aromatic heterocycles. The van der Waals surface area contributed by atoms with Crippen LogP contribution in [0.5, 0.6) is 0 Å². The first-order valence-corrected chi connectivity index (χ1v) is 15.1. The van der Waals surface area contributed by atoms with Crippen LogP contribution in [0.2, 0.25) is 0 Å². The number of fused-ring (bicyclic) bond motifs is 1. The average molecular weight is 608 g/mol. The Kier molecular flexibility index (Phi) is 6.76. The molecule has 11 heteroatoms. The van der Waals surface area contributed by atoms with Crippen molar-refractivity contribution in [2.75, 3.05) is 26.2 Å². The summed E-state index contributed by atoms with van der Waals surface area (Å²) < 4.78 is 27.1. The Morgan fingerprint density at radius 1 is 0.867 bits per heavy atom. The molecule has 4 aromatic rings. The molecule has 1 N–H and O–H groups in total. The second-order valence-corrected chi connectivity index (χ2v) is 13.6. The number of aromatic amines is 1. The molecule has 7 rings (SSSR count). The van der Waals surface area contributed by atoms with E-state index in [9.17, 15) is 18.8 Å². The van der Waals surface area contributed by atoms with Gasteiger partial charge in [0.1, 0.15) is 5.82 Å². The van der Waals surface area contributed by atoms with E-state index in [4.69, 9.17) is 9.31 Å². The average Bonchev–Trinajstić information content (AvgIpc) is 3.20. The van der Waals surface area contributed by atoms with Crippen LogP contribution < -0.4 is 11.0 Å². The highest BCUT2D eigenvalue weighted by atomic mass is 19.1. The number of hydrogen-bond acceptors (Lipinski definition) is 6. The monoisotopic (exact) mass is 608 g/mol. The van der Waals surface area contributed by atoms with Crippen LogP contribution in [0.4, 0.5) is 4.39 Å². The predicted octanol–water partition coefficient (Wildman–Crippen LogP) is 3.55. The summed E-state index contributed by atoms with van der Waals surface area (Å²) in [6, 6.07) is 19.0. The van der Waals surface area contributed by atoms with Gasteiger partial charge in [-0.15, -0.1) is 0 Å². The highest BCUT2D eigenvalue weighted by Gasteiger charge is 2.55. The highest BCUT2D eigenvalue weighted by molar-refractivity contribution is 6.62. The number of nitrogens with zero attached hydrogens (tertiary/aromatic N) is 3. The third-order valence-electron chi connectivity index (χ3n) is 9.77. The summed E-state index contributed by atoms with van der Waals surface area (Å²) in [6.07, 6.45) is 0.330. The van der Waals surface area contributed by atoms with Crippen molar-refractivity contribution in [3.8, 4) is 0 Å². The van der Waals surface area contributed by atoms with Crippen LogP contribution in [0.25, 0.3) is 10.8 Å². The van der Waals surface area contributed by atoms with E-state index in [1.165, 1.54) is 6.07 Å². The molecule has 3 aliphatic heterocycles. The summed E-state index contributed by atoms with van der Waals surface area (Å²) >= 11 is 0. The molecule has 9 nitrogen and oxygen atoms in total. The first-order valence-electron chi connectivity index (χ1n) is 15.1. The van der Waals surface area contributed by atoms with Crippen molar-refractivity contribution in [3.63, 3.8) is 0 Å². The maximum Gasteiger partial charge on any atom is 0.494 e. The first kappa shape index (κ1) is 29.4. The second-order valence-electron chi connectivity index (χ2n) is 13.6. The fourth-order valence-corrected chi connectivity index (χ4v) is 6.47. The molecular formula is C34H34BFN4O5. The molecule has 0 unspecified atom stereocenters. The summed E-state index contributed by atoms with van der Waals surface area (Å²) in [4.78, 5) is 42.1. The number of carbonyl (C=O) groups excluding carboxylic acids is 2. The molecule has 0 saturated carbocycles. The molecule has 3 saturated heterocycles. The Labute approximate surface area is 260 Å². The molecule has 3 fully saturated rings. The SMILES string of the molecule is CC1(C)OB(c2ccc(C(=O)N3CC4(C3)CN(C(=O)c3cc(Cc5n[nH]c(=O)c6ccccc56)ccc3F)C4)cc2)OC1(C)C. The topological polar surface area (TPSA) is 105 Å². The third kappa shape index (κ3) is 5.04. The van der Waals surface area contributed by atoms with Crippen molar-refractivity contribution in [1.82, 2.24) is 20.0 Å². The van der Waals surface area contributed by atoms with Crippen molar-refractivity contribution in [1.29, 1.82) is 0 Å². The summed E-state index contributed by atoms with van der Waals surface area (Å²) in [5, 5.41) is 7.97. The van der Waals surface area contributed by atoms with E-state index in [0.717, 1.165) is 5.46 Å². The molecule has 0 radical (unpaired) electrons. The molecule has 0 aliphatic carbocycles. The lowest BCUT2D eigenvalue weighted by Gasteiger charge is -2.60. The zero-order valence-electron chi connectivity index (χ0n) is 25.7. The summed E-state index contributed by atoms with van der Waals surface area (Å²) in [5.74, 6) is -1.02. The van der Waals surface area contributed by atoms with Gasteiger partial charge in [-0.3, -0.25) is 14.4 Å². The number of likely N-dealkylation sites (tertiary alicyclic amines) is 2. The largest absolute Gasteiger partial charge is 0.494 e. The number of benzene rings is 3. The molecule has 45 heavy (non-hydrogen) atoms. The highest BCUT2D eigenvalue weighted by Crippen LogP contribution is 2.41. The van der Waals surface area contributed by atoms with Gasteiger partial charge in [0.2, 0.25) is 0 Å². The van der Waals surface area contributed by atoms with E-state index in [0.29, 0.717) is 60.2 Å². The van der Waals surface area contributed by atoms with E-state index in [-0.39, 0.29) is 28.4 Å². The lowest BCUT2D eigenvalue weighted by molar-refractivity contribution is -0.0823. The molecule has 3 aromatic carbocycles. The Bertz CT molecular complexity index is 1880. The number of amides is 2. The van der Waals surface area contributed by atoms with Gasteiger partial charge in [0, 0.05) is 49.0 Å². The van der Waals surface area contributed by atoms with Crippen molar-refractivity contribution in [2.24, 2.45) is 5.41 Å². The Balaban J connectivity index is 0.965. The van der Waals surface area contributed by atoms with Gasteiger partial charge in [-0.05, 0) is 69.1 Å². The number of carbonyl (C=O) groups is 2. The normalized spacial score (nSPS) is 19.4. The van der Waals surface area contributed by atoms with Crippen LogP contribution in [-0.4, -0.2) is 76.3 Å². The van der Waals surface area contributed by atoms with Crippen molar-refractivity contribution >= 4 is 35.2 Å².